The van der Waals surface area contributed by atoms with Crippen molar-refractivity contribution in [1.29, 1.82) is 0 Å². The standard InChI is InChI=1S/C25H33FN8O4/c1-25(24(36)27-2)16-34(33-32-25)15-17(26)3-4-18-5-6-22(31-30-18)29-23(35)14-19-13-21(7-10-28-19)38-20-8-11-37-12-9-20/h5-7,10,13,17,20H,3-4,8-9,11-12,14-16H2,1-2H3,(H,27,36)(H,29,31,35)/t17-,25?/m1/s1. The molecule has 2 amide bonds. The highest BCUT2D eigenvalue weighted by Crippen LogP contribution is 2.22. The van der Waals surface area contributed by atoms with Crippen molar-refractivity contribution in [3.05, 3.63) is 41.9 Å². The van der Waals surface area contributed by atoms with E-state index in [1.807, 2.05) is 0 Å². The molecule has 2 N–H and O–H groups in total. The summed E-state index contributed by atoms with van der Waals surface area (Å²) in [7, 11) is 1.53. The second-order valence-electron chi connectivity index (χ2n) is 9.57. The summed E-state index contributed by atoms with van der Waals surface area (Å²) in [4.78, 5) is 28.6. The average Bonchev–Trinajstić information content (AvgIpc) is 3.29. The molecule has 2 aromatic heterocycles. The number of alkyl halides is 1. The summed E-state index contributed by atoms with van der Waals surface area (Å²) in [5.74, 6) is 0.440. The van der Waals surface area contributed by atoms with Gasteiger partial charge in [0.2, 0.25) is 5.91 Å². The quantitative estimate of drug-likeness (QED) is 0.451. The van der Waals surface area contributed by atoms with Gasteiger partial charge in [-0.15, -0.1) is 5.10 Å². The number of aryl methyl sites for hydroxylation is 1. The van der Waals surface area contributed by atoms with Crippen molar-refractivity contribution in [3.8, 4) is 5.75 Å². The molecule has 2 aromatic rings. The Morgan fingerprint density at radius 2 is 2.05 bits per heavy atom. The number of ether oxygens (including phenoxy) is 2. The van der Waals surface area contributed by atoms with Crippen LogP contribution in [-0.2, 0) is 27.2 Å². The molecule has 1 saturated heterocycles. The molecule has 0 saturated carbocycles. The Balaban J connectivity index is 1.19. The lowest BCUT2D eigenvalue weighted by Gasteiger charge is -2.23. The van der Waals surface area contributed by atoms with Gasteiger partial charge in [-0.25, -0.2) is 4.39 Å². The minimum Gasteiger partial charge on any atom is -0.490 e. The van der Waals surface area contributed by atoms with Crippen LogP contribution in [-0.4, -0.2) is 83.2 Å². The lowest BCUT2D eigenvalue weighted by Crippen LogP contribution is -2.45. The minimum absolute atomic E-state index is 0.0347. The number of amides is 2. The third-order valence-electron chi connectivity index (χ3n) is 6.31. The molecule has 0 spiro atoms. The Kier molecular flexibility index (Phi) is 9.10. The molecule has 4 rings (SSSR count). The molecule has 0 aliphatic carbocycles. The minimum atomic E-state index is -1.18. The first-order valence-corrected chi connectivity index (χ1v) is 12.7. The monoisotopic (exact) mass is 528 g/mol. The lowest BCUT2D eigenvalue weighted by atomic mass is 10.0. The zero-order valence-electron chi connectivity index (χ0n) is 21.6. The molecular weight excluding hydrogens is 495 g/mol. The first kappa shape index (κ1) is 27.3. The van der Waals surface area contributed by atoms with Gasteiger partial charge in [0.25, 0.3) is 5.91 Å². The summed E-state index contributed by atoms with van der Waals surface area (Å²) in [5.41, 5.74) is 0.180. The maximum atomic E-state index is 14.5. The SMILES string of the molecule is CNC(=O)C1(C)CN(C[C@H](F)CCc2ccc(NC(=O)Cc3cc(OC4CCOCC4)ccn3)nn2)N=N1. The molecule has 204 valence electrons. The van der Waals surface area contributed by atoms with Gasteiger partial charge in [-0.05, 0) is 38.0 Å². The van der Waals surface area contributed by atoms with E-state index in [2.05, 4.69) is 36.2 Å². The normalized spacial score (nSPS) is 20.2. The first-order valence-electron chi connectivity index (χ1n) is 12.7. The number of nitrogens with zero attached hydrogens (tertiary/aromatic N) is 6. The molecule has 2 aliphatic heterocycles. The fourth-order valence-corrected chi connectivity index (χ4v) is 4.22. The third-order valence-corrected chi connectivity index (χ3v) is 6.31. The summed E-state index contributed by atoms with van der Waals surface area (Å²) in [6.45, 7) is 3.29. The highest BCUT2D eigenvalue weighted by Gasteiger charge is 2.39. The summed E-state index contributed by atoms with van der Waals surface area (Å²) in [6.07, 6.45) is 2.85. The topological polar surface area (TPSA) is 143 Å². The lowest BCUT2D eigenvalue weighted by molar-refractivity contribution is -0.125. The van der Waals surface area contributed by atoms with E-state index in [0.717, 1.165) is 12.8 Å². The second kappa shape index (κ2) is 12.7. The van der Waals surface area contributed by atoms with E-state index in [9.17, 15) is 14.0 Å². The molecule has 4 heterocycles. The number of hydrogen-bond donors (Lipinski definition) is 2. The first-order chi connectivity index (χ1) is 18.3. The number of anilines is 1. The van der Waals surface area contributed by atoms with E-state index in [-0.39, 0.29) is 43.8 Å². The van der Waals surface area contributed by atoms with Crippen LogP contribution in [0.3, 0.4) is 0 Å². The predicted octanol–water partition coefficient (Wildman–Crippen LogP) is 2.07. The summed E-state index contributed by atoms with van der Waals surface area (Å²) < 4.78 is 25.9. The van der Waals surface area contributed by atoms with Gasteiger partial charge >= 0.3 is 0 Å². The van der Waals surface area contributed by atoms with Crippen molar-refractivity contribution in [2.24, 2.45) is 10.3 Å². The van der Waals surface area contributed by atoms with E-state index in [0.29, 0.717) is 42.6 Å². The van der Waals surface area contributed by atoms with Crippen LogP contribution in [0.1, 0.15) is 37.6 Å². The molecule has 38 heavy (non-hydrogen) atoms. The molecule has 13 heteroatoms. The van der Waals surface area contributed by atoms with Crippen LogP contribution in [0.15, 0.2) is 40.8 Å². The maximum Gasteiger partial charge on any atom is 0.251 e. The highest BCUT2D eigenvalue weighted by molar-refractivity contribution is 5.91. The van der Waals surface area contributed by atoms with E-state index >= 15 is 0 Å². The van der Waals surface area contributed by atoms with Crippen molar-refractivity contribution in [3.63, 3.8) is 0 Å². The van der Waals surface area contributed by atoms with E-state index in [1.165, 1.54) is 12.1 Å². The van der Waals surface area contributed by atoms with Gasteiger partial charge in [-0.1, -0.05) is 5.22 Å². The molecule has 12 nitrogen and oxygen atoms in total. The number of hydrogen-bond acceptors (Lipinski definition) is 10. The molecule has 0 bridgehead atoms. The molecule has 1 unspecified atom stereocenters. The zero-order chi connectivity index (χ0) is 27.0. The van der Waals surface area contributed by atoms with Crippen LogP contribution < -0.4 is 15.4 Å². The van der Waals surface area contributed by atoms with Crippen molar-refractivity contribution >= 4 is 17.6 Å². The fraction of sp³-hybridized carbons (Fsp3) is 0.560. The van der Waals surface area contributed by atoms with E-state index in [4.69, 9.17) is 9.47 Å². The second-order valence-corrected chi connectivity index (χ2v) is 9.57. The largest absolute Gasteiger partial charge is 0.490 e. The molecule has 2 atom stereocenters. The summed E-state index contributed by atoms with van der Waals surface area (Å²) in [6, 6.07) is 6.88. The van der Waals surface area contributed by atoms with Gasteiger partial charge < -0.3 is 20.1 Å². The number of nitrogens with one attached hydrogen (secondary N) is 2. The predicted molar refractivity (Wildman–Crippen MR) is 135 cm³/mol. The van der Waals surface area contributed by atoms with Gasteiger partial charge in [0.15, 0.2) is 11.4 Å². The van der Waals surface area contributed by atoms with Crippen LogP contribution >= 0.6 is 0 Å². The smallest absolute Gasteiger partial charge is 0.251 e. The van der Waals surface area contributed by atoms with Crippen molar-refractivity contribution in [1.82, 2.24) is 25.5 Å². The maximum absolute atomic E-state index is 14.5. The summed E-state index contributed by atoms with van der Waals surface area (Å²) >= 11 is 0. The molecular formula is C25H33FN8O4. The third kappa shape index (κ3) is 7.63. The Bertz CT molecular complexity index is 1130. The van der Waals surface area contributed by atoms with Crippen LogP contribution in [0.25, 0.3) is 0 Å². The van der Waals surface area contributed by atoms with Gasteiger partial charge in [0.05, 0.1) is 44.1 Å². The Hall–Kier alpha value is -3.74. The van der Waals surface area contributed by atoms with Crippen LogP contribution in [0.4, 0.5) is 10.2 Å². The summed E-state index contributed by atoms with van der Waals surface area (Å²) in [5, 5.41) is 22.8. The van der Waals surface area contributed by atoms with Gasteiger partial charge in [0, 0.05) is 32.2 Å². The number of carbonyl (C=O) groups is 2. The Morgan fingerprint density at radius 3 is 2.79 bits per heavy atom. The molecule has 1 fully saturated rings. The van der Waals surface area contributed by atoms with Gasteiger partial charge in [0.1, 0.15) is 18.0 Å². The number of pyridine rings is 1. The number of rotatable bonds is 11. The number of halogens is 1. The number of carbonyl (C=O) groups excluding carboxylic acids is 2. The number of likely N-dealkylation sites (N-methyl/N-ethyl adjacent to an activating group) is 1. The Labute approximate surface area is 220 Å². The van der Waals surface area contributed by atoms with Crippen LogP contribution in [0.2, 0.25) is 0 Å². The number of aromatic nitrogens is 3. The fourth-order valence-electron chi connectivity index (χ4n) is 4.22. The van der Waals surface area contributed by atoms with E-state index < -0.39 is 11.7 Å². The van der Waals surface area contributed by atoms with Gasteiger partial charge in [-0.2, -0.15) is 10.2 Å². The Morgan fingerprint density at radius 1 is 1.24 bits per heavy atom. The van der Waals surface area contributed by atoms with Crippen molar-refractivity contribution in [2.75, 3.05) is 38.7 Å². The van der Waals surface area contributed by atoms with Crippen molar-refractivity contribution in [2.45, 2.75) is 56.8 Å². The van der Waals surface area contributed by atoms with Gasteiger partial charge in [-0.3, -0.25) is 19.6 Å². The van der Waals surface area contributed by atoms with E-state index in [1.54, 1.807) is 37.4 Å². The zero-order valence-corrected chi connectivity index (χ0v) is 21.6. The average molecular weight is 529 g/mol. The highest BCUT2D eigenvalue weighted by atomic mass is 19.1. The van der Waals surface area contributed by atoms with Crippen LogP contribution in [0.5, 0.6) is 5.75 Å². The van der Waals surface area contributed by atoms with Crippen molar-refractivity contribution < 1.29 is 23.5 Å². The molecule has 2 aliphatic rings. The van der Waals surface area contributed by atoms with Crippen LogP contribution in [0, 0.1) is 0 Å². The molecule has 0 aromatic carbocycles. The molecule has 0 radical (unpaired) electrons.